The molecule has 3 rings (SSSR count). The number of rotatable bonds is 3. The molecule has 1 N–H and O–H groups in total. The molecule has 0 aromatic carbocycles. The van der Waals surface area contributed by atoms with Crippen molar-refractivity contribution in [1.29, 1.82) is 0 Å². The van der Waals surface area contributed by atoms with Gasteiger partial charge in [-0.2, -0.15) is 0 Å². The SMILES string of the molecule is CC1CCCCC1CNc1ncnc2sccc12. The van der Waals surface area contributed by atoms with Crippen LogP contribution >= 0.6 is 11.3 Å². The van der Waals surface area contributed by atoms with E-state index in [1.165, 1.54) is 25.7 Å². The van der Waals surface area contributed by atoms with Crippen molar-refractivity contribution in [1.82, 2.24) is 9.97 Å². The van der Waals surface area contributed by atoms with Crippen LogP contribution in [0.15, 0.2) is 17.8 Å². The number of hydrogen-bond donors (Lipinski definition) is 1. The number of hydrogen-bond acceptors (Lipinski definition) is 4. The van der Waals surface area contributed by atoms with Crippen molar-refractivity contribution in [2.24, 2.45) is 11.8 Å². The molecule has 1 aliphatic rings. The fourth-order valence-electron chi connectivity index (χ4n) is 2.86. The summed E-state index contributed by atoms with van der Waals surface area (Å²) in [5, 5.41) is 6.76. The second-order valence-corrected chi connectivity index (χ2v) is 6.16. The van der Waals surface area contributed by atoms with Crippen LogP contribution in [0.2, 0.25) is 0 Å². The standard InChI is InChI=1S/C14H19N3S/c1-10-4-2-3-5-11(10)8-15-13-12-6-7-18-14(12)17-9-16-13/h6-7,9-11H,2-5,8H2,1H3,(H,15,16,17). The van der Waals surface area contributed by atoms with Crippen molar-refractivity contribution < 1.29 is 0 Å². The van der Waals surface area contributed by atoms with E-state index in [0.29, 0.717) is 0 Å². The van der Waals surface area contributed by atoms with E-state index in [1.54, 1.807) is 17.7 Å². The van der Waals surface area contributed by atoms with Gasteiger partial charge in [0.15, 0.2) is 0 Å². The normalized spacial score (nSPS) is 24.3. The van der Waals surface area contributed by atoms with Crippen LogP contribution in [-0.2, 0) is 0 Å². The molecule has 0 saturated heterocycles. The van der Waals surface area contributed by atoms with Crippen LogP contribution in [0.1, 0.15) is 32.6 Å². The molecule has 2 atom stereocenters. The fraction of sp³-hybridized carbons (Fsp3) is 0.571. The van der Waals surface area contributed by atoms with Gasteiger partial charge in [-0.05, 0) is 29.7 Å². The van der Waals surface area contributed by atoms with Gasteiger partial charge in [0.1, 0.15) is 17.0 Å². The zero-order valence-corrected chi connectivity index (χ0v) is 11.5. The van der Waals surface area contributed by atoms with E-state index in [4.69, 9.17) is 0 Å². The van der Waals surface area contributed by atoms with Crippen LogP contribution in [0.4, 0.5) is 5.82 Å². The smallest absolute Gasteiger partial charge is 0.138 e. The van der Waals surface area contributed by atoms with Crippen molar-refractivity contribution in [2.45, 2.75) is 32.6 Å². The molecule has 3 nitrogen and oxygen atoms in total. The maximum atomic E-state index is 4.37. The molecule has 2 unspecified atom stereocenters. The molecule has 2 heterocycles. The predicted octanol–water partition coefficient (Wildman–Crippen LogP) is 3.93. The molecule has 0 radical (unpaired) electrons. The summed E-state index contributed by atoms with van der Waals surface area (Å²) in [6, 6.07) is 2.10. The van der Waals surface area contributed by atoms with Gasteiger partial charge in [0.2, 0.25) is 0 Å². The quantitative estimate of drug-likeness (QED) is 0.909. The number of aromatic nitrogens is 2. The molecule has 1 aliphatic carbocycles. The van der Waals surface area contributed by atoms with Crippen LogP contribution in [0.5, 0.6) is 0 Å². The van der Waals surface area contributed by atoms with E-state index in [1.807, 2.05) is 0 Å². The summed E-state index contributed by atoms with van der Waals surface area (Å²) in [5.41, 5.74) is 0. The lowest BCUT2D eigenvalue weighted by Gasteiger charge is -2.29. The molecule has 96 valence electrons. The Kier molecular flexibility index (Phi) is 3.46. The molecule has 2 aromatic rings. The van der Waals surface area contributed by atoms with Crippen molar-refractivity contribution in [3.63, 3.8) is 0 Å². The zero-order chi connectivity index (χ0) is 12.4. The van der Waals surface area contributed by atoms with Gasteiger partial charge in [0.05, 0.1) is 5.39 Å². The minimum atomic E-state index is 0.794. The molecule has 2 aromatic heterocycles. The van der Waals surface area contributed by atoms with Gasteiger partial charge < -0.3 is 5.32 Å². The third-order valence-electron chi connectivity index (χ3n) is 4.08. The molecule has 18 heavy (non-hydrogen) atoms. The van der Waals surface area contributed by atoms with Crippen LogP contribution in [0.25, 0.3) is 10.2 Å². The Bertz CT molecular complexity index is 522. The first-order valence-corrected chi connectivity index (χ1v) is 7.64. The first-order valence-electron chi connectivity index (χ1n) is 6.76. The first kappa shape index (κ1) is 11.9. The Morgan fingerprint density at radius 3 is 3.11 bits per heavy atom. The maximum Gasteiger partial charge on any atom is 0.138 e. The topological polar surface area (TPSA) is 37.8 Å². The van der Waals surface area contributed by atoms with Gasteiger partial charge in [-0.25, -0.2) is 9.97 Å². The highest BCUT2D eigenvalue weighted by Crippen LogP contribution is 2.30. The van der Waals surface area contributed by atoms with Gasteiger partial charge >= 0.3 is 0 Å². The van der Waals surface area contributed by atoms with Crippen LogP contribution < -0.4 is 5.32 Å². The summed E-state index contributed by atoms with van der Waals surface area (Å²) in [4.78, 5) is 9.73. The number of nitrogens with zero attached hydrogens (tertiary/aromatic N) is 2. The van der Waals surface area contributed by atoms with E-state index in [0.717, 1.165) is 34.4 Å². The van der Waals surface area contributed by atoms with Gasteiger partial charge in [0, 0.05) is 6.54 Å². The zero-order valence-electron chi connectivity index (χ0n) is 10.7. The van der Waals surface area contributed by atoms with Gasteiger partial charge in [0.25, 0.3) is 0 Å². The van der Waals surface area contributed by atoms with E-state index in [-0.39, 0.29) is 0 Å². The van der Waals surface area contributed by atoms with E-state index in [9.17, 15) is 0 Å². The molecule has 0 bridgehead atoms. The summed E-state index contributed by atoms with van der Waals surface area (Å²) in [6.45, 7) is 3.43. The maximum absolute atomic E-state index is 4.37. The van der Waals surface area contributed by atoms with E-state index in [2.05, 4.69) is 33.7 Å². The van der Waals surface area contributed by atoms with Crippen molar-refractivity contribution in [2.75, 3.05) is 11.9 Å². The Morgan fingerprint density at radius 2 is 2.22 bits per heavy atom. The summed E-state index contributed by atoms with van der Waals surface area (Å²) in [7, 11) is 0. The van der Waals surface area contributed by atoms with E-state index < -0.39 is 0 Å². The average Bonchev–Trinajstić information content (AvgIpc) is 2.86. The minimum absolute atomic E-state index is 0.794. The molecular formula is C14H19N3S. The summed E-state index contributed by atoms with van der Waals surface area (Å²) >= 11 is 1.67. The Balaban J connectivity index is 1.71. The van der Waals surface area contributed by atoms with Gasteiger partial charge in [-0.15, -0.1) is 11.3 Å². The number of fused-ring (bicyclic) bond motifs is 1. The van der Waals surface area contributed by atoms with Crippen molar-refractivity contribution in [3.8, 4) is 0 Å². The predicted molar refractivity (Wildman–Crippen MR) is 77.0 cm³/mol. The van der Waals surface area contributed by atoms with Crippen molar-refractivity contribution >= 4 is 27.4 Å². The molecule has 1 fully saturated rings. The highest BCUT2D eigenvalue weighted by Gasteiger charge is 2.21. The first-order chi connectivity index (χ1) is 8.84. The van der Waals surface area contributed by atoms with Crippen LogP contribution in [0.3, 0.4) is 0 Å². The van der Waals surface area contributed by atoms with Crippen LogP contribution in [0, 0.1) is 11.8 Å². The third kappa shape index (κ3) is 2.34. The molecule has 0 amide bonds. The number of anilines is 1. The minimum Gasteiger partial charge on any atom is -0.369 e. The molecule has 1 saturated carbocycles. The molecule has 4 heteroatoms. The lowest BCUT2D eigenvalue weighted by atomic mass is 9.80. The summed E-state index contributed by atoms with van der Waals surface area (Å²) < 4.78 is 0. The lowest BCUT2D eigenvalue weighted by molar-refractivity contribution is 0.268. The number of nitrogens with one attached hydrogen (secondary N) is 1. The second kappa shape index (κ2) is 5.22. The largest absolute Gasteiger partial charge is 0.369 e. The number of thiophene rings is 1. The third-order valence-corrected chi connectivity index (χ3v) is 4.90. The van der Waals surface area contributed by atoms with E-state index >= 15 is 0 Å². The molecule has 0 aliphatic heterocycles. The second-order valence-electron chi connectivity index (χ2n) is 5.26. The van der Waals surface area contributed by atoms with Crippen LogP contribution in [-0.4, -0.2) is 16.5 Å². The van der Waals surface area contributed by atoms with Gasteiger partial charge in [-0.1, -0.05) is 26.2 Å². The summed E-state index contributed by atoms with van der Waals surface area (Å²) in [5.74, 6) is 2.63. The molecular weight excluding hydrogens is 242 g/mol. The Morgan fingerprint density at radius 1 is 1.33 bits per heavy atom. The van der Waals surface area contributed by atoms with Gasteiger partial charge in [-0.3, -0.25) is 0 Å². The monoisotopic (exact) mass is 261 g/mol. The molecule has 0 spiro atoms. The Hall–Kier alpha value is -1.16. The van der Waals surface area contributed by atoms with Crippen molar-refractivity contribution in [3.05, 3.63) is 17.8 Å². The Labute approximate surface area is 112 Å². The fourth-order valence-corrected chi connectivity index (χ4v) is 3.59. The highest BCUT2D eigenvalue weighted by molar-refractivity contribution is 7.16. The summed E-state index contributed by atoms with van der Waals surface area (Å²) in [6.07, 6.45) is 7.18. The average molecular weight is 261 g/mol. The highest BCUT2D eigenvalue weighted by atomic mass is 32.1. The lowest BCUT2D eigenvalue weighted by Crippen LogP contribution is -2.24.